The highest BCUT2D eigenvalue weighted by molar-refractivity contribution is 6.00. The summed E-state index contributed by atoms with van der Waals surface area (Å²) in [6.45, 7) is 5.31. The zero-order valence-corrected chi connectivity index (χ0v) is 18.5. The molecule has 0 radical (unpaired) electrons. The smallest absolute Gasteiger partial charge is 0.338 e. The number of morpholine rings is 1. The molecule has 0 aromatic heterocycles. The van der Waals surface area contributed by atoms with Crippen LogP contribution >= 0.6 is 0 Å². The number of carbonyl (C=O) groups excluding carboxylic acids is 3. The van der Waals surface area contributed by atoms with Crippen molar-refractivity contribution in [1.82, 2.24) is 4.90 Å². The van der Waals surface area contributed by atoms with Crippen LogP contribution in [0.5, 0.6) is 11.5 Å². The van der Waals surface area contributed by atoms with Crippen LogP contribution in [0.2, 0.25) is 0 Å². The van der Waals surface area contributed by atoms with E-state index in [1.165, 1.54) is 25.3 Å². The lowest BCUT2D eigenvalue weighted by Gasteiger charge is -2.26. The molecule has 1 aliphatic heterocycles. The summed E-state index contributed by atoms with van der Waals surface area (Å²) in [4.78, 5) is 38.8. The standard InChI is InChI=1S/C24H27NO7/c1-16-4-5-17(2)19(12-16)20(26)14-32-24(28)18-6-7-21(22(13-18)29-3)31-15-23(27)25-8-10-30-11-9-25/h4-7,12-13H,8-11,14-15H2,1-3H3. The number of aryl methyl sites for hydroxylation is 2. The Kier molecular flexibility index (Phi) is 7.83. The second-order valence-corrected chi connectivity index (χ2v) is 7.47. The van der Waals surface area contributed by atoms with E-state index >= 15 is 0 Å². The van der Waals surface area contributed by atoms with Crippen molar-refractivity contribution in [3.63, 3.8) is 0 Å². The molecule has 32 heavy (non-hydrogen) atoms. The first-order valence-electron chi connectivity index (χ1n) is 10.3. The molecule has 0 atom stereocenters. The molecule has 8 heteroatoms. The topological polar surface area (TPSA) is 91.4 Å². The van der Waals surface area contributed by atoms with Crippen LogP contribution in [0, 0.1) is 13.8 Å². The maximum Gasteiger partial charge on any atom is 0.338 e. The number of nitrogens with zero attached hydrogens (tertiary/aromatic N) is 1. The number of amides is 1. The molecule has 170 valence electrons. The van der Waals surface area contributed by atoms with E-state index in [-0.39, 0.29) is 36.2 Å². The molecule has 2 aromatic carbocycles. The fourth-order valence-corrected chi connectivity index (χ4v) is 3.29. The van der Waals surface area contributed by atoms with Gasteiger partial charge in [-0.05, 0) is 43.7 Å². The van der Waals surface area contributed by atoms with Gasteiger partial charge in [0.25, 0.3) is 5.91 Å². The van der Waals surface area contributed by atoms with Gasteiger partial charge >= 0.3 is 5.97 Å². The first-order valence-corrected chi connectivity index (χ1v) is 10.3. The van der Waals surface area contributed by atoms with Gasteiger partial charge in [0.05, 0.1) is 25.9 Å². The minimum absolute atomic E-state index is 0.148. The van der Waals surface area contributed by atoms with Crippen molar-refractivity contribution in [2.45, 2.75) is 13.8 Å². The number of esters is 1. The molecular formula is C24H27NO7. The number of ketones is 1. The fourth-order valence-electron chi connectivity index (χ4n) is 3.29. The molecule has 2 aromatic rings. The van der Waals surface area contributed by atoms with Gasteiger partial charge in [-0.1, -0.05) is 17.7 Å². The van der Waals surface area contributed by atoms with Gasteiger partial charge in [-0.15, -0.1) is 0 Å². The van der Waals surface area contributed by atoms with Gasteiger partial charge in [0, 0.05) is 18.7 Å². The van der Waals surface area contributed by atoms with E-state index in [1.807, 2.05) is 26.0 Å². The molecule has 1 fully saturated rings. The van der Waals surface area contributed by atoms with Crippen LogP contribution in [0.25, 0.3) is 0 Å². The third-order valence-electron chi connectivity index (χ3n) is 5.14. The van der Waals surface area contributed by atoms with Gasteiger partial charge in [-0.25, -0.2) is 4.79 Å². The van der Waals surface area contributed by atoms with E-state index in [0.717, 1.165) is 11.1 Å². The molecule has 1 amide bonds. The third-order valence-corrected chi connectivity index (χ3v) is 5.14. The number of Topliss-reactive ketones (excluding diaryl/α,β-unsaturated/α-hetero) is 1. The highest BCUT2D eigenvalue weighted by atomic mass is 16.5. The van der Waals surface area contributed by atoms with Gasteiger partial charge < -0.3 is 23.8 Å². The minimum Gasteiger partial charge on any atom is -0.493 e. The van der Waals surface area contributed by atoms with Crippen molar-refractivity contribution in [3.05, 3.63) is 58.7 Å². The molecule has 8 nitrogen and oxygen atoms in total. The van der Waals surface area contributed by atoms with Crippen LogP contribution in [0.1, 0.15) is 31.8 Å². The van der Waals surface area contributed by atoms with Crippen LogP contribution in [0.4, 0.5) is 0 Å². The van der Waals surface area contributed by atoms with Gasteiger partial charge in [-0.2, -0.15) is 0 Å². The predicted octanol–water partition coefficient (Wildman–Crippen LogP) is 2.59. The van der Waals surface area contributed by atoms with Gasteiger partial charge in [-0.3, -0.25) is 9.59 Å². The predicted molar refractivity (Wildman–Crippen MR) is 116 cm³/mol. The second-order valence-electron chi connectivity index (χ2n) is 7.47. The van der Waals surface area contributed by atoms with Crippen LogP contribution in [0.15, 0.2) is 36.4 Å². The van der Waals surface area contributed by atoms with Crippen molar-refractivity contribution >= 4 is 17.7 Å². The lowest BCUT2D eigenvalue weighted by molar-refractivity contribution is -0.137. The van der Waals surface area contributed by atoms with Crippen molar-refractivity contribution < 1.29 is 33.3 Å². The molecule has 1 heterocycles. The van der Waals surface area contributed by atoms with Crippen LogP contribution < -0.4 is 9.47 Å². The summed E-state index contributed by atoms with van der Waals surface area (Å²) in [6, 6.07) is 10.1. The van der Waals surface area contributed by atoms with E-state index in [2.05, 4.69) is 0 Å². The summed E-state index contributed by atoms with van der Waals surface area (Å²) < 4.78 is 21.3. The zero-order chi connectivity index (χ0) is 23.1. The van der Waals surface area contributed by atoms with Crippen LogP contribution in [-0.2, 0) is 14.3 Å². The molecule has 1 aliphatic rings. The molecule has 0 unspecified atom stereocenters. The Morgan fingerprint density at radius 1 is 0.969 bits per heavy atom. The molecule has 0 saturated carbocycles. The quantitative estimate of drug-likeness (QED) is 0.459. The number of rotatable bonds is 8. The normalized spacial score (nSPS) is 13.4. The molecule has 0 aliphatic carbocycles. The van der Waals surface area contributed by atoms with E-state index < -0.39 is 5.97 Å². The Labute approximate surface area is 187 Å². The van der Waals surface area contributed by atoms with E-state index in [1.54, 1.807) is 11.0 Å². The highest BCUT2D eigenvalue weighted by Crippen LogP contribution is 2.28. The number of methoxy groups -OCH3 is 1. The number of hydrogen-bond acceptors (Lipinski definition) is 7. The first kappa shape index (κ1) is 23.3. The number of hydrogen-bond donors (Lipinski definition) is 0. The largest absolute Gasteiger partial charge is 0.493 e. The van der Waals surface area contributed by atoms with Crippen molar-refractivity contribution in [3.8, 4) is 11.5 Å². The van der Waals surface area contributed by atoms with Crippen molar-refractivity contribution in [2.75, 3.05) is 46.6 Å². The molecule has 0 N–H and O–H groups in total. The molecular weight excluding hydrogens is 414 g/mol. The fraction of sp³-hybridized carbons (Fsp3) is 0.375. The summed E-state index contributed by atoms with van der Waals surface area (Å²) in [5, 5.41) is 0. The van der Waals surface area contributed by atoms with Crippen LogP contribution in [0.3, 0.4) is 0 Å². The third kappa shape index (κ3) is 5.85. The number of ether oxygens (including phenoxy) is 4. The zero-order valence-electron chi connectivity index (χ0n) is 18.5. The Bertz CT molecular complexity index is 996. The summed E-state index contributed by atoms with van der Waals surface area (Å²) in [6.07, 6.45) is 0. The summed E-state index contributed by atoms with van der Waals surface area (Å²) in [5.41, 5.74) is 2.52. The monoisotopic (exact) mass is 441 g/mol. The van der Waals surface area contributed by atoms with Crippen LogP contribution in [-0.4, -0.2) is 69.2 Å². The Morgan fingerprint density at radius 3 is 2.44 bits per heavy atom. The summed E-state index contributed by atoms with van der Waals surface area (Å²) >= 11 is 0. The van der Waals surface area contributed by atoms with E-state index in [9.17, 15) is 14.4 Å². The van der Waals surface area contributed by atoms with E-state index in [4.69, 9.17) is 18.9 Å². The lowest BCUT2D eigenvalue weighted by atomic mass is 10.0. The van der Waals surface area contributed by atoms with Gasteiger partial charge in [0.15, 0.2) is 24.7 Å². The Morgan fingerprint density at radius 2 is 1.72 bits per heavy atom. The average molecular weight is 441 g/mol. The molecule has 0 bridgehead atoms. The van der Waals surface area contributed by atoms with E-state index in [0.29, 0.717) is 37.6 Å². The SMILES string of the molecule is COc1cc(C(=O)OCC(=O)c2cc(C)ccc2C)ccc1OCC(=O)N1CCOCC1. The molecule has 0 spiro atoms. The first-order chi connectivity index (χ1) is 15.4. The summed E-state index contributed by atoms with van der Waals surface area (Å²) in [5.74, 6) is -0.456. The minimum atomic E-state index is -0.655. The molecule has 3 rings (SSSR count). The van der Waals surface area contributed by atoms with Crippen molar-refractivity contribution in [1.29, 1.82) is 0 Å². The lowest BCUT2D eigenvalue weighted by Crippen LogP contribution is -2.43. The van der Waals surface area contributed by atoms with Gasteiger partial charge in [0.1, 0.15) is 0 Å². The number of carbonyl (C=O) groups is 3. The molecule has 1 saturated heterocycles. The Balaban J connectivity index is 1.59. The maximum atomic E-state index is 12.4. The average Bonchev–Trinajstić information content (AvgIpc) is 2.82. The highest BCUT2D eigenvalue weighted by Gasteiger charge is 2.19. The van der Waals surface area contributed by atoms with Gasteiger partial charge in [0.2, 0.25) is 5.78 Å². The Hall–Kier alpha value is -3.39. The summed E-state index contributed by atoms with van der Waals surface area (Å²) in [7, 11) is 1.44. The maximum absolute atomic E-state index is 12.4. The second kappa shape index (κ2) is 10.8. The number of benzene rings is 2. The van der Waals surface area contributed by atoms with Crippen molar-refractivity contribution in [2.24, 2.45) is 0 Å².